The Balaban J connectivity index is 1.81. The highest BCUT2D eigenvalue weighted by atomic mass is 16.5. The van der Waals surface area contributed by atoms with E-state index in [0.717, 1.165) is 24.7 Å². The van der Waals surface area contributed by atoms with Crippen molar-refractivity contribution in [2.45, 2.75) is 20.3 Å². The molecule has 2 rings (SSSR count). The van der Waals surface area contributed by atoms with E-state index in [9.17, 15) is 4.79 Å². The van der Waals surface area contributed by atoms with Crippen LogP contribution in [0.2, 0.25) is 0 Å². The molecule has 0 saturated carbocycles. The molecule has 1 aromatic rings. The molecule has 1 fully saturated rings. The molecule has 0 bridgehead atoms. The van der Waals surface area contributed by atoms with Gasteiger partial charge in [0.25, 0.3) is 0 Å². The summed E-state index contributed by atoms with van der Waals surface area (Å²) < 4.78 is 5.75. The molecule has 1 aliphatic rings. The van der Waals surface area contributed by atoms with E-state index < -0.39 is 0 Å². The summed E-state index contributed by atoms with van der Waals surface area (Å²) in [5.41, 5.74) is 0.637. The highest BCUT2D eigenvalue weighted by Gasteiger charge is 2.24. The molecule has 19 heavy (non-hydrogen) atoms. The molecule has 1 saturated heterocycles. The summed E-state index contributed by atoms with van der Waals surface area (Å²) in [7, 11) is 0. The van der Waals surface area contributed by atoms with Crippen LogP contribution in [0.1, 0.15) is 30.6 Å². The fourth-order valence-electron chi connectivity index (χ4n) is 3.14. The van der Waals surface area contributed by atoms with E-state index >= 15 is 0 Å². The number of para-hydroxylation sites is 1. The van der Waals surface area contributed by atoms with Gasteiger partial charge in [-0.25, -0.2) is 0 Å². The van der Waals surface area contributed by atoms with E-state index in [1.54, 1.807) is 11.0 Å². The molecule has 0 aromatic heterocycles. The maximum absolute atomic E-state index is 10.9. The maximum Gasteiger partial charge on any atom is 0.153 e. The number of hydrogen-bond acceptors (Lipinski definition) is 2. The highest BCUT2D eigenvalue weighted by molar-refractivity contribution is 5.79. The van der Waals surface area contributed by atoms with Crippen molar-refractivity contribution in [2.24, 2.45) is 11.8 Å². The van der Waals surface area contributed by atoms with Crippen LogP contribution in [0.3, 0.4) is 0 Å². The molecule has 1 aromatic carbocycles. The van der Waals surface area contributed by atoms with E-state index in [2.05, 4.69) is 13.8 Å². The van der Waals surface area contributed by atoms with Gasteiger partial charge in [0.05, 0.1) is 18.7 Å². The molecule has 1 aliphatic heterocycles. The zero-order chi connectivity index (χ0) is 13.7. The average molecular weight is 262 g/mol. The first-order valence-electron chi connectivity index (χ1n) is 7.19. The fraction of sp³-hybridized carbons (Fsp3) is 0.562. The minimum atomic E-state index is 0.637. The molecule has 3 heteroatoms. The van der Waals surface area contributed by atoms with Gasteiger partial charge in [-0.3, -0.25) is 4.79 Å². The van der Waals surface area contributed by atoms with Gasteiger partial charge in [0.1, 0.15) is 18.9 Å². The highest BCUT2D eigenvalue weighted by Crippen LogP contribution is 2.15. The van der Waals surface area contributed by atoms with Crippen molar-refractivity contribution in [3.8, 4) is 5.75 Å². The number of benzene rings is 1. The third-order valence-corrected chi connectivity index (χ3v) is 3.84. The smallest absolute Gasteiger partial charge is 0.153 e. The quantitative estimate of drug-likeness (QED) is 0.814. The van der Waals surface area contributed by atoms with Gasteiger partial charge in [-0.15, -0.1) is 0 Å². The van der Waals surface area contributed by atoms with Gasteiger partial charge in [0, 0.05) is 11.8 Å². The van der Waals surface area contributed by atoms with Gasteiger partial charge < -0.3 is 9.64 Å². The summed E-state index contributed by atoms with van der Waals surface area (Å²) in [6, 6.07) is 7.41. The van der Waals surface area contributed by atoms with E-state index in [0.29, 0.717) is 17.9 Å². The predicted octanol–water partition coefficient (Wildman–Crippen LogP) is 1.44. The van der Waals surface area contributed by atoms with E-state index in [4.69, 9.17) is 4.74 Å². The Hall–Kier alpha value is -1.35. The second kappa shape index (κ2) is 6.71. The van der Waals surface area contributed by atoms with Crippen LogP contribution < -0.4 is 9.64 Å². The zero-order valence-electron chi connectivity index (χ0n) is 11.9. The Morgan fingerprint density at radius 1 is 1.26 bits per heavy atom. The van der Waals surface area contributed by atoms with E-state index in [-0.39, 0.29) is 0 Å². The van der Waals surface area contributed by atoms with Crippen LogP contribution in [0.4, 0.5) is 0 Å². The first kappa shape index (κ1) is 14.1. The van der Waals surface area contributed by atoms with Crippen LogP contribution in [0.5, 0.6) is 5.75 Å². The normalized spacial score (nSPS) is 26.9. The van der Waals surface area contributed by atoms with Crippen LogP contribution in [-0.2, 0) is 0 Å². The van der Waals surface area contributed by atoms with Crippen LogP contribution in [0.15, 0.2) is 24.3 Å². The van der Waals surface area contributed by atoms with Crippen molar-refractivity contribution in [1.29, 1.82) is 0 Å². The Morgan fingerprint density at radius 3 is 2.63 bits per heavy atom. The molecule has 0 aliphatic carbocycles. The van der Waals surface area contributed by atoms with Gasteiger partial charge in [-0.2, -0.15) is 0 Å². The molecule has 0 radical (unpaired) electrons. The fourth-order valence-corrected chi connectivity index (χ4v) is 3.14. The number of nitrogens with one attached hydrogen (secondary N) is 1. The van der Waals surface area contributed by atoms with Gasteiger partial charge in [-0.1, -0.05) is 26.0 Å². The molecule has 0 amide bonds. The van der Waals surface area contributed by atoms with Crippen LogP contribution in [0, 0.1) is 11.8 Å². The van der Waals surface area contributed by atoms with Crippen molar-refractivity contribution in [2.75, 3.05) is 26.2 Å². The third-order valence-electron chi connectivity index (χ3n) is 3.84. The number of quaternary nitrogens is 1. The molecule has 104 valence electrons. The van der Waals surface area contributed by atoms with Crippen molar-refractivity contribution >= 4 is 6.29 Å². The summed E-state index contributed by atoms with van der Waals surface area (Å²) in [6.45, 7) is 8.84. The summed E-state index contributed by atoms with van der Waals surface area (Å²) in [5, 5.41) is 0. The monoisotopic (exact) mass is 262 g/mol. The SMILES string of the molecule is C[C@H]1C[C@H](C)C[NH+](CCOc2ccccc2C=O)C1. The van der Waals surface area contributed by atoms with Gasteiger partial charge in [0.15, 0.2) is 6.29 Å². The van der Waals surface area contributed by atoms with Crippen molar-refractivity contribution < 1.29 is 14.4 Å². The van der Waals surface area contributed by atoms with E-state index in [1.165, 1.54) is 19.5 Å². The Morgan fingerprint density at radius 2 is 1.95 bits per heavy atom. The standard InChI is InChI=1S/C16H23NO2/c1-13-9-14(2)11-17(10-13)7-8-19-16-6-4-3-5-15(16)12-18/h3-6,12-14H,7-11H2,1-2H3/p+1/t13-,14-/m0/s1. The Kier molecular flexibility index (Phi) is 4.97. The first-order valence-corrected chi connectivity index (χ1v) is 7.19. The lowest BCUT2D eigenvalue weighted by Gasteiger charge is -2.31. The lowest BCUT2D eigenvalue weighted by atomic mass is 9.92. The molecular weight excluding hydrogens is 238 g/mol. The number of aldehydes is 1. The molecule has 1 N–H and O–H groups in total. The molecule has 0 spiro atoms. The minimum absolute atomic E-state index is 0.637. The summed E-state index contributed by atoms with van der Waals surface area (Å²) in [5.74, 6) is 2.32. The molecule has 2 atom stereocenters. The van der Waals surface area contributed by atoms with E-state index in [1.807, 2.05) is 18.2 Å². The van der Waals surface area contributed by atoms with Crippen LogP contribution in [-0.4, -0.2) is 32.5 Å². The van der Waals surface area contributed by atoms with Crippen LogP contribution >= 0.6 is 0 Å². The minimum Gasteiger partial charge on any atom is -0.487 e. The number of hydrogen-bond donors (Lipinski definition) is 1. The van der Waals surface area contributed by atoms with Crippen molar-refractivity contribution in [1.82, 2.24) is 0 Å². The van der Waals surface area contributed by atoms with Gasteiger partial charge in [-0.05, 0) is 18.6 Å². The lowest BCUT2D eigenvalue weighted by molar-refractivity contribution is -0.912. The van der Waals surface area contributed by atoms with Crippen molar-refractivity contribution in [3.63, 3.8) is 0 Å². The largest absolute Gasteiger partial charge is 0.487 e. The Bertz CT molecular complexity index is 409. The molecule has 1 heterocycles. The zero-order valence-corrected chi connectivity index (χ0v) is 11.9. The van der Waals surface area contributed by atoms with Gasteiger partial charge >= 0.3 is 0 Å². The number of likely N-dealkylation sites (tertiary alicyclic amines) is 1. The number of rotatable bonds is 5. The number of carbonyl (C=O) groups is 1. The number of carbonyl (C=O) groups excluding carboxylic acids is 1. The molecule has 3 nitrogen and oxygen atoms in total. The predicted molar refractivity (Wildman–Crippen MR) is 75.8 cm³/mol. The average Bonchev–Trinajstić information content (AvgIpc) is 2.38. The summed E-state index contributed by atoms with van der Waals surface area (Å²) in [6.07, 6.45) is 2.20. The summed E-state index contributed by atoms with van der Waals surface area (Å²) in [4.78, 5) is 12.5. The second-order valence-corrected chi connectivity index (χ2v) is 5.86. The maximum atomic E-state index is 10.9. The number of ether oxygens (including phenoxy) is 1. The second-order valence-electron chi connectivity index (χ2n) is 5.86. The Labute approximate surface area is 115 Å². The van der Waals surface area contributed by atoms with Crippen molar-refractivity contribution in [3.05, 3.63) is 29.8 Å². The number of piperidine rings is 1. The van der Waals surface area contributed by atoms with Crippen LogP contribution in [0.25, 0.3) is 0 Å². The van der Waals surface area contributed by atoms with Gasteiger partial charge in [0.2, 0.25) is 0 Å². The molecule has 0 unspecified atom stereocenters. The summed E-state index contributed by atoms with van der Waals surface area (Å²) >= 11 is 0. The lowest BCUT2D eigenvalue weighted by Crippen LogP contribution is -3.14. The first-order chi connectivity index (χ1) is 9.19. The molecular formula is C16H24NO2+. The third kappa shape index (κ3) is 4.06. The topological polar surface area (TPSA) is 30.7 Å².